The van der Waals surface area contributed by atoms with Crippen molar-refractivity contribution >= 4 is 16.6 Å². The average molecular weight is 262 g/mol. The van der Waals surface area contributed by atoms with Crippen molar-refractivity contribution in [1.82, 2.24) is 4.98 Å². The van der Waals surface area contributed by atoms with Crippen LogP contribution in [0, 0.1) is 6.92 Å². The Hall–Kier alpha value is -2.35. The van der Waals surface area contributed by atoms with Gasteiger partial charge in [-0.2, -0.15) is 0 Å². The predicted octanol–water partition coefficient (Wildman–Crippen LogP) is 4.72. The van der Waals surface area contributed by atoms with Crippen LogP contribution in [0.2, 0.25) is 0 Å². The molecule has 0 aliphatic heterocycles. The number of nitrogens with zero attached hydrogens (tertiary/aromatic N) is 1. The molecule has 0 radical (unpaired) electrons. The lowest BCUT2D eigenvalue weighted by Gasteiger charge is -2.16. The van der Waals surface area contributed by atoms with Gasteiger partial charge in [0.25, 0.3) is 0 Å². The summed E-state index contributed by atoms with van der Waals surface area (Å²) in [5.41, 5.74) is 4.65. The second-order valence-corrected chi connectivity index (χ2v) is 5.19. The van der Waals surface area contributed by atoms with Crippen LogP contribution in [0.4, 0.5) is 5.69 Å². The van der Waals surface area contributed by atoms with Crippen molar-refractivity contribution < 1.29 is 0 Å². The van der Waals surface area contributed by atoms with Crippen LogP contribution in [0.5, 0.6) is 0 Å². The SMILES string of the molecule is Cc1ccc(C(C)Nc2cnc3ccccc3c2)cc1. The second-order valence-electron chi connectivity index (χ2n) is 5.19. The Morgan fingerprint density at radius 2 is 1.75 bits per heavy atom. The van der Waals surface area contributed by atoms with E-state index in [0.717, 1.165) is 16.6 Å². The van der Waals surface area contributed by atoms with Gasteiger partial charge in [-0.25, -0.2) is 0 Å². The van der Waals surface area contributed by atoms with Gasteiger partial charge >= 0.3 is 0 Å². The molecular weight excluding hydrogens is 244 g/mol. The minimum absolute atomic E-state index is 0.263. The molecule has 0 saturated heterocycles. The Labute approximate surface area is 119 Å². The summed E-state index contributed by atoms with van der Waals surface area (Å²) in [6.45, 7) is 4.27. The molecule has 0 aliphatic rings. The van der Waals surface area contributed by atoms with Crippen LogP contribution in [-0.2, 0) is 0 Å². The van der Waals surface area contributed by atoms with E-state index in [9.17, 15) is 0 Å². The number of aryl methyl sites for hydroxylation is 1. The first-order chi connectivity index (χ1) is 9.72. The van der Waals surface area contributed by atoms with Crippen LogP contribution in [0.15, 0.2) is 60.8 Å². The number of anilines is 1. The highest BCUT2D eigenvalue weighted by Gasteiger charge is 2.05. The zero-order chi connectivity index (χ0) is 13.9. The van der Waals surface area contributed by atoms with Crippen molar-refractivity contribution in [2.75, 3.05) is 5.32 Å². The fourth-order valence-electron chi connectivity index (χ4n) is 2.34. The van der Waals surface area contributed by atoms with Crippen LogP contribution >= 0.6 is 0 Å². The third-order valence-electron chi connectivity index (χ3n) is 3.55. The largest absolute Gasteiger partial charge is 0.377 e. The lowest BCUT2D eigenvalue weighted by molar-refractivity contribution is 0.883. The molecule has 0 fully saturated rings. The lowest BCUT2D eigenvalue weighted by atomic mass is 10.1. The quantitative estimate of drug-likeness (QED) is 0.739. The van der Waals surface area contributed by atoms with E-state index >= 15 is 0 Å². The van der Waals surface area contributed by atoms with E-state index in [1.54, 1.807) is 0 Å². The molecule has 0 aliphatic carbocycles. The van der Waals surface area contributed by atoms with Gasteiger partial charge in [0.05, 0.1) is 17.4 Å². The second kappa shape index (κ2) is 5.33. The molecule has 1 atom stereocenters. The van der Waals surface area contributed by atoms with Gasteiger partial charge in [0.2, 0.25) is 0 Å². The Morgan fingerprint density at radius 3 is 2.55 bits per heavy atom. The van der Waals surface area contributed by atoms with E-state index in [1.165, 1.54) is 11.1 Å². The molecule has 2 nitrogen and oxygen atoms in total. The van der Waals surface area contributed by atoms with Crippen LogP contribution in [-0.4, -0.2) is 4.98 Å². The highest BCUT2D eigenvalue weighted by atomic mass is 14.9. The Balaban J connectivity index is 1.83. The molecule has 0 bridgehead atoms. The third-order valence-corrected chi connectivity index (χ3v) is 3.55. The van der Waals surface area contributed by atoms with Crippen LogP contribution in [0.3, 0.4) is 0 Å². The van der Waals surface area contributed by atoms with Crippen molar-refractivity contribution in [2.45, 2.75) is 19.9 Å². The molecule has 2 heteroatoms. The van der Waals surface area contributed by atoms with Gasteiger partial charge in [0.15, 0.2) is 0 Å². The first kappa shape index (κ1) is 12.7. The van der Waals surface area contributed by atoms with Gasteiger partial charge in [-0.15, -0.1) is 0 Å². The summed E-state index contributed by atoms with van der Waals surface area (Å²) in [5.74, 6) is 0. The number of benzene rings is 2. The van der Waals surface area contributed by atoms with Crippen molar-refractivity contribution in [3.63, 3.8) is 0 Å². The van der Waals surface area contributed by atoms with Gasteiger partial charge < -0.3 is 5.32 Å². The highest BCUT2D eigenvalue weighted by Crippen LogP contribution is 2.22. The van der Waals surface area contributed by atoms with Crippen molar-refractivity contribution in [1.29, 1.82) is 0 Å². The molecule has 1 N–H and O–H groups in total. The molecule has 2 aromatic carbocycles. The minimum Gasteiger partial charge on any atom is -0.377 e. The first-order valence-corrected chi connectivity index (χ1v) is 6.90. The maximum Gasteiger partial charge on any atom is 0.0703 e. The van der Waals surface area contributed by atoms with Gasteiger partial charge in [-0.05, 0) is 31.5 Å². The van der Waals surface area contributed by atoms with Crippen LogP contribution in [0.25, 0.3) is 10.9 Å². The van der Waals surface area contributed by atoms with E-state index < -0.39 is 0 Å². The van der Waals surface area contributed by atoms with Gasteiger partial charge in [-0.1, -0.05) is 48.0 Å². The average Bonchev–Trinajstić information content (AvgIpc) is 2.48. The van der Waals surface area contributed by atoms with E-state index in [1.807, 2.05) is 24.4 Å². The molecule has 1 aromatic heterocycles. The number of hydrogen-bond acceptors (Lipinski definition) is 2. The standard InChI is InChI=1S/C18H18N2/c1-13-7-9-15(10-8-13)14(2)20-17-11-16-5-3-4-6-18(16)19-12-17/h3-12,14,20H,1-2H3. The monoisotopic (exact) mass is 262 g/mol. The maximum absolute atomic E-state index is 4.48. The number of rotatable bonds is 3. The molecule has 3 rings (SSSR count). The summed E-state index contributed by atoms with van der Waals surface area (Å²) < 4.78 is 0. The zero-order valence-corrected chi connectivity index (χ0v) is 11.8. The molecule has 0 saturated carbocycles. The first-order valence-electron chi connectivity index (χ1n) is 6.90. The number of pyridine rings is 1. The molecular formula is C18H18N2. The van der Waals surface area contributed by atoms with E-state index in [2.05, 4.69) is 60.5 Å². The van der Waals surface area contributed by atoms with E-state index in [0.29, 0.717) is 0 Å². The van der Waals surface area contributed by atoms with Crippen LogP contribution < -0.4 is 5.32 Å². The molecule has 20 heavy (non-hydrogen) atoms. The topological polar surface area (TPSA) is 24.9 Å². The summed E-state index contributed by atoms with van der Waals surface area (Å²) in [7, 11) is 0. The van der Waals surface area contributed by atoms with Crippen molar-refractivity contribution in [2.24, 2.45) is 0 Å². The molecule has 3 aromatic rings. The molecule has 1 heterocycles. The van der Waals surface area contributed by atoms with Gasteiger partial charge in [-0.3, -0.25) is 4.98 Å². The highest BCUT2D eigenvalue weighted by molar-refractivity contribution is 5.81. The normalized spacial score (nSPS) is 12.3. The molecule has 0 amide bonds. The maximum atomic E-state index is 4.48. The van der Waals surface area contributed by atoms with Crippen molar-refractivity contribution in [3.05, 3.63) is 71.9 Å². The molecule has 1 unspecified atom stereocenters. The lowest BCUT2D eigenvalue weighted by Crippen LogP contribution is -2.06. The Bertz CT molecular complexity index is 717. The summed E-state index contributed by atoms with van der Waals surface area (Å²) in [6.07, 6.45) is 1.90. The smallest absolute Gasteiger partial charge is 0.0703 e. The summed E-state index contributed by atoms with van der Waals surface area (Å²) >= 11 is 0. The fraction of sp³-hybridized carbons (Fsp3) is 0.167. The molecule has 0 spiro atoms. The molecule has 100 valence electrons. The van der Waals surface area contributed by atoms with Gasteiger partial charge in [0.1, 0.15) is 0 Å². The zero-order valence-electron chi connectivity index (χ0n) is 11.8. The van der Waals surface area contributed by atoms with E-state index in [-0.39, 0.29) is 6.04 Å². The number of aromatic nitrogens is 1. The van der Waals surface area contributed by atoms with Gasteiger partial charge in [0, 0.05) is 11.4 Å². The predicted molar refractivity (Wildman–Crippen MR) is 85.0 cm³/mol. The van der Waals surface area contributed by atoms with Crippen LogP contribution in [0.1, 0.15) is 24.1 Å². The number of fused-ring (bicyclic) bond motifs is 1. The number of para-hydroxylation sites is 1. The Kier molecular flexibility index (Phi) is 3.38. The van der Waals surface area contributed by atoms with E-state index in [4.69, 9.17) is 0 Å². The van der Waals surface area contributed by atoms with Crippen molar-refractivity contribution in [3.8, 4) is 0 Å². The third kappa shape index (κ3) is 2.64. The number of nitrogens with one attached hydrogen (secondary N) is 1. The summed E-state index contributed by atoms with van der Waals surface area (Å²) in [6, 6.07) is 19.2. The summed E-state index contributed by atoms with van der Waals surface area (Å²) in [4.78, 5) is 4.48. The fourth-order valence-corrected chi connectivity index (χ4v) is 2.34. The minimum atomic E-state index is 0.263. The Morgan fingerprint density at radius 1 is 1.00 bits per heavy atom. The summed E-state index contributed by atoms with van der Waals surface area (Å²) in [5, 5.41) is 4.67. The number of hydrogen-bond donors (Lipinski definition) is 1.